The van der Waals surface area contributed by atoms with Gasteiger partial charge < -0.3 is 5.32 Å². The summed E-state index contributed by atoms with van der Waals surface area (Å²) < 4.78 is 2.24. The Labute approximate surface area is 141 Å². The Kier molecular flexibility index (Phi) is 5.54. The zero-order valence-corrected chi connectivity index (χ0v) is 15.0. The smallest absolute Gasteiger partial charge is 0.0648 e. The Morgan fingerprint density at radius 1 is 1.21 bits per heavy atom. The van der Waals surface area contributed by atoms with E-state index in [2.05, 4.69) is 81.1 Å². The standard InChI is InChI=1S/C15H14BrClIN/c1-2-14(10-3-5-11(16)6-4-10)19-15-8-7-12(18)9-13(15)17/h3-9,14,19H,2H2,1H3. The van der Waals surface area contributed by atoms with E-state index in [0.717, 1.165) is 25.2 Å². The van der Waals surface area contributed by atoms with Gasteiger partial charge in [0.2, 0.25) is 0 Å². The minimum absolute atomic E-state index is 0.269. The molecule has 1 unspecified atom stereocenters. The van der Waals surface area contributed by atoms with Crippen molar-refractivity contribution in [1.29, 1.82) is 0 Å². The number of rotatable bonds is 4. The minimum Gasteiger partial charge on any atom is -0.377 e. The average molecular weight is 451 g/mol. The topological polar surface area (TPSA) is 12.0 Å². The SMILES string of the molecule is CCC(Nc1ccc(I)cc1Cl)c1ccc(Br)cc1. The third kappa shape index (κ3) is 4.10. The summed E-state index contributed by atoms with van der Waals surface area (Å²) in [5.41, 5.74) is 2.25. The Morgan fingerprint density at radius 3 is 2.47 bits per heavy atom. The van der Waals surface area contributed by atoms with Crippen molar-refractivity contribution in [3.8, 4) is 0 Å². The van der Waals surface area contributed by atoms with E-state index in [1.807, 2.05) is 12.1 Å². The first-order valence-corrected chi connectivity index (χ1v) is 8.32. The first-order chi connectivity index (χ1) is 9.10. The third-order valence-electron chi connectivity index (χ3n) is 2.94. The van der Waals surface area contributed by atoms with Crippen LogP contribution < -0.4 is 5.32 Å². The van der Waals surface area contributed by atoms with Gasteiger partial charge in [-0.1, -0.05) is 46.6 Å². The fourth-order valence-corrected chi connectivity index (χ4v) is 3.09. The van der Waals surface area contributed by atoms with Crippen LogP contribution in [0.25, 0.3) is 0 Å². The van der Waals surface area contributed by atoms with Gasteiger partial charge in [-0.15, -0.1) is 0 Å². The van der Waals surface area contributed by atoms with Crippen LogP contribution in [0.3, 0.4) is 0 Å². The van der Waals surface area contributed by atoms with Gasteiger partial charge >= 0.3 is 0 Å². The molecule has 100 valence electrons. The highest BCUT2D eigenvalue weighted by molar-refractivity contribution is 14.1. The van der Waals surface area contributed by atoms with E-state index < -0.39 is 0 Å². The molecule has 19 heavy (non-hydrogen) atoms. The summed E-state index contributed by atoms with van der Waals surface area (Å²) in [4.78, 5) is 0. The van der Waals surface area contributed by atoms with Crippen molar-refractivity contribution in [3.05, 3.63) is 61.1 Å². The number of benzene rings is 2. The van der Waals surface area contributed by atoms with Gasteiger partial charge in [-0.2, -0.15) is 0 Å². The molecule has 0 saturated heterocycles. The maximum Gasteiger partial charge on any atom is 0.0648 e. The van der Waals surface area contributed by atoms with Gasteiger partial charge in [0.1, 0.15) is 0 Å². The lowest BCUT2D eigenvalue weighted by atomic mass is 10.0. The summed E-state index contributed by atoms with van der Waals surface area (Å²) >= 11 is 12.0. The van der Waals surface area contributed by atoms with Crippen LogP contribution in [-0.2, 0) is 0 Å². The lowest BCUT2D eigenvalue weighted by Gasteiger charge is -2.20. The molecule has 0 aliphatic carbocycles. The molecule has 0 spiro atoms. The van der Waals surface area contributed by atoms with E-state index in [-0.39, 0.29) is 6.04 Å². The molecule has 2 aromatic rings. The van der Waals surface area contributed by atoms with E-state index >= 15 is 0 Å². The zero-order chi connectivity index (χ0) is 13.8. The lowest BCUT2D eigenvalue weighted by Crippen LogP contribution is -2.09. The molecule has 0 aliphatic rings. The predicted octanol–water partition coefficient (Wildman–Crippen LogP) is 6.27. The van der Waals surface area contributed by atoms with E-state index in [0.29, 0.717) is 0 Å². The molecule has 1 nitrogen and oxygen atoms in total. The van der Waals surface area contributed by atoms with Gasteiger partial charge in [0.15, 0.2) is 0 Å². The van der Waals surface area contributed by atoms with Gasteiger partial charge in [-0.3, -0.25) is 0 Å². The molecule has 0 aliphatic heterocycles. The molecule has 0 bridgehead atoms. The Morgan fingerprint density at radius 2 is 1.89 bits per heavy atom. The zero-order valence-electron chi connectivity index (χ0n) is 10.5. The normalized spacial score (nSPS) is 12.2. The molecule has 4 heteroatoms. The van der Waals surface area contributed by atoms with Crippen LogP contribution in [0.5, 0.6) is 0 Å². The molecule has 0 radical (unpaired) electrons. The first-order valence-electron chi connectivity index (χ1n) is 6.07. The van der Waals surface area contributed by atoms with E-state index in [4.69, 9.17) is 11.6 Å². The molecule has 0 amide bonds. The van der Waals surface area contributed by atoms with Crippen molar-refractivity contribution in [2.24, 2.45) is 0 Å². The summed E-state index contributed by atoms with van der Waals surface area (Å²) in [6.07, 6.45) is 1.00. The highest BCUT2D eigenvalue weighted by atomic mass is 127. The Bertz CT molecular complexity index is 557. The van der Waals surface area contributed by atoms with E-state index in [9.17, 15) is 0 Å². The second-order valence-corrected chi connectivity index (χ2v) is 6.85. The second kappa shape index (κ2) is 6.95. The van der Waals surface area contributed by atoms with Crippen LogP contribution in [0.4, 0.5) is 5.69 Å². The van der Waals surface area contributed by atoms with Gasteiger partial charge in [0.05, 0.1) is 16.8 Å². The summed E-state index contributed by atoms with van der Waals surface area (Å²) in [5.74, 6) is 0. The summed E-state index contributed by atoms with van der Waals surface area (Å²) in [6.45, 7) is 2.17. The molecular weight excluding hydrogens is 436 g/mol. The highest BCUT2D eigenvalue weighted by Gasteiger charge is 2.11. The van der Waals surface area contributed by atoms with Crippen LogP contribution >= 0.6 is 50.1 Å². The van der Waals surface area contributed by atoms with Gasteiger partial charge in [0.25, 0.3) is 0 Å². The molecular formula is C15H14BrClIN. The number of anilines is 1. The van der Waals surface area contributed by atoms with Crippen molar-refractivity contribution in [3.63, 3.8) is 0 Å². The largest absolute Gasteiger partial charge is 0.377 e. The first kappa shape index (κ1) is 15.1. The monoisotopic (exact) mass is 449 g/mol. The van der Waals surface area contributed by atoms with E-state index in [1.165, 1.54) is 5.56 Å². The minimum atomic E-state index is 0.269. The fourth-order valence-electron chi connectivity index (χ4n) is 1.91. The highest BCUT2D eigenvalue weighted by Crippen LogP contribution is 2.29. The van der Waals surface area contributed by atoms with Gasteiger partial charge in [-0.25, -0.2) is 0 Å². The van der Waals surface area contributed by atoms with Gasteiger partial charge in [-0.05, 0) is 64.9 Å². The number of halogens is 3. The number of hydrogen-bond acceptors (Lipinski definition) is 1. The molecule has 0 heterocycles. The predicted molar refractivity (Wildman–Crippen MR) is 95.0 cm³/mol. The molecule has 0 saturated carbocycles. The van der Waals surface area contributed by atoms with Gasteiger partial charge in [0, 0.05) is 8.04 Å². The average Bonchev–Trinajstić information content (AvgIpc) is 2.39. The van der Waals surface area contributed by atoms with Crippen molar-refractivity contribution < 1.29 is 0 Å². The Hall–Kier alpha value is -0.260. The lowest BCUT2D eigenvalue weighted by molar-refractivity contribution is 0.749. The van der Waals surface area contributed by atoms with Crippen molar-refractivity contribution >= 4 is 55.8 Å². The van der Waals surface area contributed by atoms with Crippen LogP contribution in [0.1, 0.15) is 24.9 Å². The van der Waals surface area contributed by atoms with E-state index in [1.54, 1.807) is 0 Å². The van der Waals surface area contributed by atoms with Crippen molar-refractivity contribution in [2.45, 2.75) is 19.4 Å². The molecule has 2 aromatic carbocycles. The molecule has 1 atom stereocenters. The third-order valence-corrected chi connectivity index (χ3v) is 4.45. The summed E-state index contributed by atoms with van der Waals surface area (Å²) in [7, 11) is 0. The molecule has 0 fully saturated rings. The van der Waals surface area contributed by atoms with Crippen LogP contribution in [0, 0.1) is 3.57 Å². The number of hydrogen-bond donors (Lipinski definition) is 1. The maximum atomic E-state index is 6.27. The summed E-state index contributed by atoms with van der Waals surface area (Å²) in [6, 6.07) is 14.7. The second-order valence-electron chi connectivity index (χ2n) is 4.28. The maximum absolute atomic E-state index is 6.27. The molecule has 2 rings (SSSR count). The van der Waals surface area contributed by atoms with Crippen molar-refractivity contribution in [1.82, 2.24) is 0 Å². The van der Waals surface area contributed by atoms with Crippen LogP contribution in [-0.4, -0.2) is 0 Å². The Balaban J connectivity index is 2.21. The quantitative estimate of drug-likeness (QED) is 0.542. The summed E-state index contributed by atoms with van der Waals surface area (Å²) in [5, 5.41) is 4.28. The molecule has 1 N–H and O–H groups in total. The number of nitrogens with one attached hydrogen (secondary N) is 1. The van der Waals surface area contributed by atoms with Crippen molar-refractivity contribution in [2.75, 3.05) is 5.32 Å². The molecule has 0 aromatic heterocycles. The van der Waals surface area contributed by atoms with Crippen LogP contribution in [0.15, 0.2) is 46.9 Å². The van der Waals surface area contributed by atoms with Crippen LogP contribution in [0.2, 0.25) is 5.02 Å². The fraction of sp³-hybridized carbons (Fsp3) is 0.200.